The third kappa shape index (κ3) is 4.98. The maximum atomic E-state index is 11.4. The van der Waals surface area contributed by atoms with Gasteiger partial charge in [0, 0.05) is 28.6 Å². The number of carbonyl (C=O) groups is 1. The average molecular weight is 373 g/mol. The molecule has 0 aliphatic heterocycles. The Labute approximate surface area is 155 Å². The second kappa shape index (κ2) is 8.89. The Morgan fingerprint density at radius 3 is 2.76 bits per heavy atom. The molecule has 0 atom stereocenters. The maximum absolute atomic E-state index is 11.4. The van der Waals surface area contributed by atoms with Gasteiger partial charge >= 0.3 is 5.97 Å². The van der Waals surface area contributed by atoms with Crippen molar-refractivity contribution in [1.29, 1.82) is 0 Å². The smallest absolute Gasteiger partial charge is 0.348 e. The zero-order chi connectivity index (χ0) is 17.5. The van der Waals surface area contributed by atoms with Crippen LogP contribution >= 0.6 is 22.7 Å². The molecule has 0 unspecified atom stereocenters. The van der Waals surface area contributed by atoms with Crippen LogP contribution < -0.4 is 5.32 Å². The van der Waals surface area contributed by atoms with Crippen LogP contribution in [0.4, 0.5) is 0 Å². The second-order valence-electron chi connectivity index (χ2n) is 5.57. The molecule has 1 aromatic carbocycles. The number of rotatable bonds is 8. The molecule has 2 heterocycles. The van der Waals surface area contributed by atoms with E-state index in [9.17, 15) is 4.79 Å². The summed E-state index contributed by atoms with van der Waals surface area (Å²) in [6.45, 7) is 1.80. The molecule has 0 spiro atoms. The van der Waals surface area contributed by atoms with Crippen LogP contribution in [0.5, 0.6) is 0 Å². The van der Waals surface area contributed by atoms with Crippen molar-refractivity contribution >= 4 is 28.6 Å². The fraction of sp³-hybridized carbons (Fsp3) is 0.263. The van der Waals surface area contributed by atoms with Gasteiger partial charge in [0.25, 0.3) is 0 Å². The van der Waals surface area contributed by atoms with Crippen LogP contribution in [0.2, 0.25) is 0 Å². The minimum Gasteiger partial charge on any atom is -0.465 e. The first kappa shape index (κ1) is 17.8. The highest BCUT2D eigenvalue weighted by Gasteiger charge is 2.08. The molecule has 2 aromatic heterocycles. The highest BCUT2D eigenvalue weighted by atomic mass is 32.1. The van der Waals surface area contributed by atoms with Gasteiger partial charge < -0.3 is 10.1 Å². The van der Waals surface area contributed by atoms with Crippen LogP contribution in [0, 0.1) is 0 Å². The number of methoxy groups -OCH3 is 1. The molecular weight excluding hydrogens is 352 g/mol. The van der Waals surface area contributed by atoms with Gasteiger partial charge in [-0.25, -0.2) is 9.78 Å². The number of aryl methyl sites for hydroxylation is 1. The number of nitrogens with zero attached hydrogens (tertiary/aromatic N) is 1. The van der Waals surface area contributed by atoms with Gasteiger partial charge in [0.15, 0.2) is 0 Å². The molecule has 0 aliphatic carbocycles. The van der Waals surface area contributed by atoms with E-state index in [1.807, 2.05) is 23.7 Å². The Morgan fingerprint density at radius 1 is 1.20 bits per heavy atom. The van der Waals surface area contributed by atoms with Crippen molar-refractivity contribution in [2.45, 2.75) is 19.4 Å². The van der Waals surface area contributed by atoms with Gasteiger partial charge in [0.2, 0.25) is 0 Å². The quantitative estimate of drug-likeness (QED) is 0.471. The fourth-order valence-corrected chi connectivity index (χ4v) is 4.09. The van der Waals surface area contributed by atoms with Crippen molar-refractivity contribution in [3.8, 4) is 10.6 Å². The third-order valence-corrected chi connectivity index (χ3v) is 5.73. The molecule has 1 N–H and O–H groups in total. The summed E-state index contributed by atoms with van der Waals surface area (Å²) in [5, 5.41) is 6.52. The first-order chi connectivity index (χ1) is 12.3. The van der Waals surface area contributed by atoms with Gasteiger partial charge in [-0.15, -0.1) is 22.7 Å². The number of carbonyl (C=O) groups excluding carboxylic acids is 1. The normalized spacial score (nSPS) is 10.8. The molecule has 4 nitrogen and oxygen atoms in total. The highest BCUT2D eigenvalue weighted by Crippen LogP contribution is 2.22. The Hall–Kier alpha value is -2.02. The molecule has 130 valence electrons. The van der Waals surface area contributed by atoms with Crippen molar-refractivity contribution in [3.05, 3.63) is 63.3 Å². The second-order valence-corrected chi connectivity index (χ2v) is 7.63. The minimum absolute atomic E-state index is 0.254. The molecule has 3 rings (SSSR count). The summed E-state index contributed by atoms with van der Waals surface area (Å²) < 4.78 is 4.73. The molecule has 0 aliphatic rings. The van der Waals surface area contributed by atoms with Crippen molar-refractivity contribution in [3.63, 3.8) is 0 Å². The first-order valence-corrected chi connectivity index (χ1v) is 9.82. The van der Waals surface area contributed by atoms with Crippen LogP contribution in [-0.4, -0.2) is 24.6 Å². The zero-order valence-corrected chi connectivity index (χ0v) is 15.7. The number of esters is 1. The number of hydrogen-bond donors (Lipinski definition) is 1. The topological polar surface area (TPSA) is 51.2 Å². The lowest BCUT2D eigenvalue weighted by atomic mass is 10.1. The molecule has 0 saturated carbocycles. The van der Waals surface area contributed by atoms with Crippen molar-refractivity contribution in [2.75, 3.05) is 13.7 Å². The SMILES string of the molecule is COC(=O)c1ccc(CCCNCc2ccc(-c3nccs3)cc2)s1. The van der Waals surface area contributed by atoms with Crippen LogP contribution in [0.1, 0.15) is 26.5 Å². The summed E-state index contributed by atoms with van der Waals surface area (Å²) in [4.78, 5) is 17.6. The van der Waals surface area contributed by atoms with Gasteiger partial charge in [-0.05, 0) is 37.1 Å². The molecule has 0 fully saturated rings. The summed E-state index contributed by atoms with van der Waals surface area (Å²) in [7, 11) is 1.41. The van der Waals surface area contributed by atoms with E-state index in [1.54, 1.807) is 11.3 Å². The van der Waals surface area contributed by atoms with E-state index in [2.05, 4.69) is 34.6 Å². The summed E-state index contributed by atoms with van der Waals surface area (Å²) in [6.07, 6.45) is 3.84. The Kier molecular flexibility index (Phi) is 6.33. The summed E-state index contributed by atoms with van der Waals surface area (Å²) in [5.41, 5.74) is 2.43. The van der Waals surface area contributed by atoms with Gasteiger partial charge in [-0.3, -0.25) is 0 Å². The lowest BCUT2D eigenvalue weighted by Crippen LogP contribution is -2.15. The van der Waals surface area contributed by atoms with Crippen molar-refractivity contribution in [1.82, 2.24) is 10.3 Å². The molecule has 0 radical (unpaired) electrons. The molecule has 6 heteroatoms. The average Bonchev–Trinajstić information content (AvgIpc) is 3.33. The third-order valence-electron chi connectivity index (χ3n) is 3.79. The summed E-state index contributed by atoms with van der Waals surface area (Å²) in [5.74, 6) is -0.254. The lowest BCUT2D eigenvalue weighted by molar-refractivity contribution is 0.0606. The van der Waals surface area contributed by atoms with E-state index in [4.69, 9.17) is 4.74 Å². The van der Waals surface area contributed by atoms with Crippen molar-refractivity contribution in [2.24, 2.45) is 0 Å². The number of thiazole rings is 1. The molecule has 0 amide bonds. The first-order valence-electron chi connectivity index (χ1n) is 8.13. The summed E-state index contributed by atoms with van der Waals surface area (Å²) >= 11 is 3.17. The van der Waals surface area contributed by atoms with E-state index in [0.717, 1.165) is 36.5 Å². The van der Waals surface area contributed by atoms with Crippen LogP contribution in [-0.2, 0) is 17.7 Å². The molecule has 3 aromatic rings. The number of ether oxygens (including phenoxy) is 1. The number of hydrogen-bond acceptors (Lipinski definition) is 6. The summed E-state index contributed by atoms with van der Waals surface area (Å²) in [6, 6.07) is 12.4. The molecule has 25 heavy (non-hydrogen) atoms. The zero-order valence-electron chi connectivity index (χ0n) is 14.0. The molecular formula is C19H20N2O2S2. The van der Waals surface area contributed by atoms with E-state index in [-0.39, 0.29) is 5.97 Å². The predicted molar refractivity (Wildman–Crippen MR) is 103 cm³/mol. The highest BCUT2D eigenvalue weighted by molar-refractivity contribution is 7.14. The van der Waals surface area contributed by atoms with Crippen LogP contribution in [0.3, 0.4) is 0 Å². The molecule has 0 bridgehead atoms. The van der Waals surface area contributed by atoms with Gasteiger partial charge in [0.1, 0.15) is 9.88 Å². The van der Waals surface area contributed by atoms with E-state index in [0.29, 0.717) is 4.88 Å². The van der Waals surface area contributed by atoms with Gasteiger partial charge in [0.05, 0.1) is 7.11 Å². The van der Waals surface area contributed by atoms with Gasteiger partial charge in [-0.1, -0.05) is 24.3 Å². The number of benzene rings is 1. The predicted octanol–water partition coefficient (Wildman–Crippen LogP) is 4.38. The number of aromatic nitrogens is 1. The van der Waals surface area contributed by atoms with Crippen LogP contribution in [0.15, 0.2) is 48.0 Å². The largest absolute Gasteiger partial charge is 0.465 e. The minimum atomic E-state index is -0.254. The molecule has 0 saturated heterocycles. The van der Waals surface area contributed by atoms with Crippen molar-refractivity contribution < 1.29 is 9.53 Å². The fourth-order valence-electron chi connectivity index (χ4n) is 2.47. The Morgan fingerprint density at radius 2 is 2.04 bits per heavy atom. The van der Waals surface area contributed by atoms with E-state index in [1.165, 1.54) is 28.9 Å². The Bertz CT molecular complexity index is 795. The monoisotopic (exact) mass is 372 g/mol. The number of thiophene rings is 1. The maximum Gasteiger partial charge on any atom is 0.348 e. The van der Waals surface area contributed by atoms with E-state index >= 15 is 0 Å². The van der Waals surface area contributed by atoms with E-state index < -0.39 is 0 Å². The lowest BCUT2D eigenvalue weighted by Gasteiger charge is -2.05. The number of nitrogens with one attached hydrogen (secondary N) is 1. The van der Waals surface area contributed by atoms with Gasteiger partial charge in [-0.2, -0.15) is 0 Å². The Balaban J connectivity index is 1.38. The standard InChI is InChI=1S/C19H20N2O2S2/c1-23-19(22)17-9-8-16(25-17)3-2-10-20-13-14-4-6-15(7-5-14)18-21-11-12-24-18/h4-9,11-12,20H,2-3,10,13H2,1H3. The van der Waals surface area contributed by atoms with Crippen LogP contribution in [0.25, 0.3) is 10.6 Å².